The molecule has 2 rings (SSSR count). The van der Waals surface area contributed by atoms with Crippen LogP contribution >= 0.6 is 11.6 Å². The lowest BCUT2D eigenvalue weighted by Crippen LogP contribution is -2.31. The van der Waals surface area contributed by atoms with Crippen LogP contribution < -0.4 is 15.4 Å². The molecule has 0 spiro atoms. The van der Waals surface area contributed by atoms with Crippen molar-refractivity contribution in [2.75, 3.05) is 13.2 Å². The molecule has 0 aliphatic heterocycles. The number of hydrogen-bond acceptors (Lipinski definition) is 5. The summed E-state index contributed by atoms with van der Waals surface area (Å²) in [5.41, 5.74) is -1.01. The molecule has 0 aliphatic rings. The quantitative estimate of drug-likeness (QED) is 0.588. The molecule has 166 valence electrons. The van der Waals surface area contributed by atoms with E-state index >= 15 is 0 Å². The van der Waals surface area contributed by atoms with Crippen LogP contribution in [0.15, 0.2) is 42.4 Å². The second-order valence-electron chi connectivity index (χ2n) is 6.02. The smallest absolute Gasteiger partial charge is 0.434 e. The van der Waals surface area contributed by atoms with Gasteiger partial charge in [0, 0.05) is 24.7 Å². The molecule has 0 saturated heterocycles. The largest absolute Gasteiger partial charge is 0.484 e. The normalized spacial score (nSPS) is 11.7. The number of carbonyl (C=O) groups is 2. The molecule has 1 heterocycles. The number of hydrogen-bond donors (Lipinski definition) is 2. The molecule has 0 fully saturated rings. The van der Waals surface area contributed by atoms with E-state index in [0.29, 0.717) is 11.9 Å². The molecule has 0 unspecified atom stereocenters. The molecule has 7 nitrogen and oxygen atoms in total. The number of alkyl halides is 3. The van der Waals surface area contributed by atoms with Crippen molar-refractivity contribution in [1.82, 2.24) is 20.6 Å². The highest BCUT2D eigenvalue weighted by Gasteiger charge is 2.33. The molecule has 0 atom stereocenters. The molecular weight excluding hydrogens is 444 g/mol. The van der Waals surface area contributed by atoms with Gasteiger partial charge >= 0.3 is 6.18 Å². The highest BCUT2D eigenvalue weighted by molar-refractivity contribution is 6.30. The zero-order valence-electron chi connectivity index (χ0n) is 16.1. The second kappa shape index (κ2) is 10.7. The Balaban J connectivity index is 1.77. The second-order valence-corrected chi connectivity index (χ2v) is 6.42. The van der Waals surface area contributed by atoms with Crippen molar-refractivity contribution in [1.29, 1.82) is 0 Å². The van der Waals surface area contributed by atoms with E-state index < -0.39 is 29.5 Å². The summed E-state index contributed by atoms with van der Waals surface area (Å²) in [4.78, 5) is 30.5. The minimum atomic E-state index is -4.65. The van der Waals surface area contributed by atoms with Crippen LogP contribution in [0.25, 0.3) is 0 Å². The van der Waals surface area contributed by atoms with Crippen LogP contribution in [0.2, 0.25) is 5.02 Å². The number of halogens is 5. The van der Waals surface area contributed by atoms with E-state index in [-0.39, 0.29) is 36.0 Å². The fraction of sp³-hybridized carbons (Fsp3) is 0.263. The Labute approximate surface area is 179 Å². The molecule has 31 heavy (non-hydrogen) atoms. The van der Waals surface area contributed by atoms with Crippen LogP contribution in [-0.2, 0) is 11.0 Å². The summed E-state index contributed by atoms with van der Waals surface area (Å²) in [6.07, 6.45) is -1.62. The van der Waals surface area contributed by atoms with Gasteiger partial charge in [0.05, 0.1) is 17.4 Å². The fourth-order valence-corrected chi connectivity index (χ4v) is 2.32. The average molecular weight is 461 g/mol. The van der Waals surface area contributed by atoms with E-state index in [9.17, 15) is 27.2 Å². The summed E-state index contributed by atoms with van der Waals surface area (Å²) >= 11 is 5.57. The van der Waals surface area contributed by atoms with Crippen LogP contribution in [0, 0.1) is 5.82 Å². The van der Waals surface area contributed by atoms with E-state index in [1.165, 1.54) is 12.1 Å². The first-order valence-corrected chi connectivity index (χ1v) is 9.18. The molecule has 2 aromatic rings. The van der Waals surface area contributed by atoms with Gasteiger partial charge in [-0.2, -0.15) is 13.2 Å². The lowest BCUT2D eigenvalue weighted by atomic mass is 10.3. The summed E-state index contributed by atoms with van der Waals surface area (Å²) in [5, 5.41) is 4.97. The van der Waals surface area contributed by atoms with Crippen molar-refractivity contribution in [3.8, 4) is 5.75 Å². The standard InChI is InChI=1S/C19H17ClF4N4O3/c1-2-11(28-17(29)10-31-12-3-4-13(20)14(21)7-12)5-6-25-18(30)15-8-27-16(9-26-15)19(22,23)24/h2-4,7-9H,5-6,10H2,1H3,(H,25,30)(H,28,29)/b11-2+. The number of aromatic nitrogens is 2. The van der Waals surface area contributed by atoms with Crippen LogP contribution in [-0.4, -0.2) is 34.9 Å². The van der Waals surface area contributed by atoms with Crippen molar-refractivity contribution >= 4 is 23.4 Å². The third kappa shape index (κ3) is 7.52. The molecule has 0 saturated carbocycles. The first-order chi connectivity index (χ1) is 14.6. The molecule has 0 radical (unpaired) electrons. The van der Waals surface area contributed by atoms with Crippen LogP contribution in [0.4, 0.5) is 17.6 Å². The summed E-state index contributed by atoms with van der Waals surface area (Å²) in [6, 6.07) is 3.76. The van der Waals surface area contributed by atoms with Gasteiger partial charge in [0.1, 0.15) is 17.3 Å². The average Bonchev–Trinajstić information content (AvgIpc) is 2.73. The molecule has 0 bridgehead atoms. The van der Waals surface area contributed by atoms with Gasteiger partial charge in [0.15, 0.2) is 12.3 Å². The number of nitrogens with zero attached hydrogens (tertiary/aromatic N) is 2. The summed E-state index contributed by atoms with van der Waals surface area (Å²) in [5.74, 6) is -1.77. The molecule has 0 aliphatic carbocycles. The zero-order chi connectivity index (χ0) is 23.0. The number of rotatable bonds is 8. The number of nitrogens with one attached hydrogen (secondary N) is 2. The van der Waals surface area contributed by atoms with Gasteiger partial charge in [0.2, 0.25) is 0 Å². The van der Waals surface area contributed by atoms with Crippen LogP contribution in [0.1, 0.15) is 29.5 Å². The maximum Gasteiger partial charge on any atom is 0.434 e. The van der Waals surface area contributed by atoms with Crippen molar-refractivity contribution in [3.63, 3.8) is 0 Å². The Morgan fingerprint density at radius 1 is 1.23 bits per heavy atom. The Morgan fingerprint density at radius 3 is 2.55 bits per heavy atom. The zero-order valence-corrected chi connectivity index (χ0v) is 16.9. The molecule has 12 heteroatoms. The van der Waals surface area contributed by atoms with Gasteiger partial charge in [0.25, 0.3) is 11.8 Å². The topological polar surface area (TPSA) is 93.2 Å². The Bertz CT molecular complexity index is 966. The van der Waals surface area contributed by atoms with E-state index in [1.807, 2.05) is 0 Å². The SMILES string of the molecule is C/C=C(\CCNC(=O)c1cnc(C(F)(F)F)cn1)NC(=O)COc1ccc(Cl)c(F)c1. The molecule has 1 aromatic carbocycles. The van der Waals surface area contributed by atoms with Crippen LogP contribution in [0.3, 0.4) is 0 Å². The predicted octanol–water partition coefficient (Wildman–Crippen LogP) is 3.51. The molecule has 2 N–H and O–H groups in total. The highest BCUT2D eigenvalue weighted by atomic mass is 35.5. The van der Waals surface area contributed by atoms with Crippen molar-refractivity contribution in [2.24, 2.45) is 0 Å². The van der Waals surface area contributed by atoms with Gasteiger partial charge in [-0.3, -0.25) is 9.59 Å². The van der Waals surface area contributed by atoms with E-state index in [2.05, 4.69) is 20.6 Å². The third-order valence-corrected chi connectivity index (χ3v) is 4.07. The maximum atomic E-state index is 13.4. The van der Waals surface area contributed by atoms with Crippen molar-refractivity contribution in [3.05, 3.63) is 64.6 Å². The summed E-state index contributed by atoms with van der Waals surface area (Å²) in [7, 11) is 0. The van der Waals surface area contributed by atoms with Crippen molar-refractivity contribution < 1.29 is 31.9 Å². The van der Waals surface area contributed by atoms with E-state index in [1.54, 1.807) is 13.0 Å². The minimum absolute atomic E-state index is 0.0719. The molecule has 2 amide bonds. The first-order valence-electron chi connectivity index (χ1n) is 8.80. The molecular formula is C19H17ClF4N4O3. The maximum absolute atomic E-state index is 13.4. The number of amides is 2. The summed E-state index contributed by atoms with van der Waals surface area (Å²) in [6.45, 7) is 1.35. The number of benzene rings is 1. The molecule has 1 aromatic heterocycles. The van der Waals surface area contributed by atoms with Crippen LogP contribution in [0.5, 0.6) is 5.75 Å². The van der Waals surface area contributed by atoms with Gasteiger partial charge in [-0.15, -0.1) is 0 Å². The minimum Gasteiger partial charge on any atom is -0.484 e. The summed E-state index contributed by atoms with van der Waals surface area (Å²) < 4.78 is 55.9. The van der Waals surface area contributed by atoms with E-state index in [4.69, 9.17) is 16.3 Å². The first kappa shape index (κ1) is 24.1. The van der Waals surface area contributed by atoms with Gasteiger partial charge < -0.3 is 15.4 Å². The fourth-order valence-electron chi connectivity index (χ4n) is 2.20. The lowest BCUT2D eigenvalue weighted by Gasteiger charge is -2.11. The van der Waals surface area contributed by atoms with Crippen molar-refractivity contribution in [2.45, 2.75) is 19.5 Å². The monoisotopic (exact) mass is 460 g/mol. The Kier molecular flexibility index (Phi) is 8.31. The number of carbonyl (C=O) groups excluding carboxylic acids is 2. The Hall–Kier alpha value is -3.21. The van der Waals surface area contributed by atoms with Gasteiger partial charge in [-0.1, -0.05) is 17.7 Å². The van der Waals surface area contributed by atoms with Gasteiger partial charge in [-0.05, 0) is 19.1 Å². The number of ether oxygens (including phenoxy) is 1. The number of allylic oxidation sites excluding steroid dienone is 1. The predicted molar refractivity (Wildman–Crippen MR) is 103 cm³/mol. The third-order valence-electron chi connectivity index (χ3n) is 3.76. The van der Waals surface area contributed by atoms with E-state index in [0.717, 1.165) is 12.3 Å². The Morgan fingerprint density at radius 2 is 1.97 bits per heavy atom. The van der Waals surface area contributed by atoms with Gasteiger partial charge in [-0.25, -0.2) is 14.4 Å². The lowest BCUT2D eigenvalue weighted by molar-refractivity contribution is -0.141. The highest BCUT2D eigenvalue weighted by Crippen LogP contribution is 2.26.